The Balaban J connectivity index is 2.42. The average molecular weight is 140 g/mol. The summed E-state index contributed by atoms with van der Waals surface area (Å²) in [7, 11) is 1.44. The van der Waals surface area contributed by atoms with Gasteiger partial charge in [-0.3, -0.25) is 4.79 Å². The van der Waals surface area contributed by atoms with Crippen LogP contribution < -0.4 is 0 Å². The fourth-order valence-corrected chi connectivity index (χ4v) is 1.24. The first-order chi connectivity index (χ1) is 4.74. The zero-order chi connectivity index (χ0) is 7.56. The van der Waals surface area contributed by atoms with E-state index in [1.807, 2.05) is 6.92 Å². The lowest BCUT2D eigenvalue weighted by Crippen LogP contribution is -2.12. The molecular formula is C8H12O2. The Bertz CT molecular complexity index is 170. The van der Waals surface area contributed by atoms with E-state index in [0.717, 1.165) is 12.8 Å². The van der Waals surface area contributed by atoms with Crippen LogP contribution in [0.25, 0.3) is 0 Å². The Labute approximate surface area is 60.9 Å². The minimum atomic E-state index is -0.0758. The third kappa shape index (κ3) is 1.38. The molecule has 0 N–H and O–H groups in total. The molecule has 0 aromatic rings. The van der Waals surface area contributed by atoms with Gasteiger partial charge in [0.1, 0.15) is 0 Å². The van der Waals surface area contributed by atoms with Crippen molar-refractivity contribution in [1.82, 2.24) is 0 Å². The number of ether oxygens (including phenoxy) is 1. The summed E-state index contributed by atoms with van der Waals surface area (Å²) >= 11 is 0. The molecule has 1 aliphatic rings. The van der Waals surface area contributed by atoms with Gasteiger partial charge in [0.2, 0.25) is 0 Å². The topological polar surface area (TPSA) is 26.3 Å². The number of rotatable bonds is 1. The van der Waals surface area contributed by atoms with Crippen LogP contribution in [0.4, 0.5) is 0 Å². The van der Waals surface area contributed by atoms with E-state index < -0.39 is 0 Å². The normalized spacial score (nSPS) is 24.2. The summed E-state index contributed by atoms with van der Waals surface area (Å²) in [5, 5.41) is 0. The SMILES string of the molecule is COC(=O)[C@H]1CC=C(C)C1. The number of carbonyl (C=O) groups is 1. The van der Waals surface area contributed by atoms with E-state index in [9.17, 15) is 4.79 Å². The first-order valence-corrected chi connectivity index (χ1v) is 3.47. The van der Waals surface area contributed by atoms with Crippen molar-refractivity contribution in [3.63, 3.8) is 0 Å². The Morgan fingerprint density at radius 2 is 2.50 bits per heavy atom. The summed E-state index contributed by atoms with van der Waals surface area (Å²) in [5.74, 6) is 0.0260. The average Bonchev–Trinajstić information content (AvgIpc) is 2.34. The van der Waals surface area contributed by atoms with Gasteiger partial charge in [-0.25, -0.2) is 0 Å². The van der Waals surface area contributed by atoms with Crippen LogP contribution in [0.5, 0.6) is 0 Å². The van der Waals surface area contributed by atoms with Gasteiger partial charge in [0.05, 0.1) is 13.0 Å². The highest BCUT2D eigenvalue weighted by Gasteiger charge is 2.22. The number of hydrogen-bond donors (Lipinski definition) is 0. The molecule has 0 bridgehead atoms. The van der Waals surface area contributed by atoms with Crippen LogP contribution in [0.1, 0.15) is 19.8 Å². The van der Waals surface area contributed by atoms with Gasteiger partial charge < -0.3 is 4.74 Å². The van der Waals surface area contributed by atoms with Crippen molar-refractivity contribution in [2.24, 2.45) is 5.92 Å². The third-order valence-corrected chi connectivity index (χ3v) is 1.85. The van der Waals surface area contributed by atoms with E-state index >= 15 is 0 Å². The van der Waals surface area contributed by atoms with E-state index in [1.165, 1.54) is 12.7 Å². The monoisotopic (exact) mass is 140 g/mol. The number of carbonyl (C=O) groups excluding carboxylic acids is 1. The summed E-state index contributed by atoms with van der Waals surface area (Å²) in [5.41, 5.74) is 1.30. The number of hydrogen-bond acceptors (Lipinski definition) is 2. The highest BCUT2D eigenvalue weighted by molar-refractivity contribution is 5.73. The Morgan fingerprint density at radius 1 is 1.80 bits per heavy atom. The number of allylic oxidation sites excluding steroid dienone is 2. The van der Waals surface area contributed by atoms with Crippen molar-refractivity contribution in [3.05, 3.63) is 11.6 Å². The summed E-state index contributed by atoms with van der Waals surface area (Å²) in [6, 6.07) is 0. The van der Waals surface area contributed by atoms with Gasteiger partial charge in [-0.15, -0.1) is 0 Å². The van der Waals surface area contributed by atoms with E-state index in [2.05, 4.69) is 10.8 Å². The third-order valence-electron chi connectivity index (χ3n) is 1.85. The zero-order valence-corrected chi connectivity index (χ0v) is 6.39. The second kappa shape index (κ2) is 2.86. The molecule has 0 saturated heterocycles. The lowest BCUT2D eigenvalue weighted by molar-refractivity contribution is -0.145. The molecule has 10 heavy (non-hydrogen) atoms. The Hall–Kier alpha value is -0.790. The molecule has 0 amide bonds. The molecule has 0 spiro atoms. The molecule has 1 rings (SSSR count). The minimum Gasteiger partial charge on any atom is -0.469 e. The van der Waals surface area contributed by atoms with Crippen molar-refractivity contribution < 1.29 is 9.53 Å². The first-order valence-electron chi connectivity index (χ1n) is 3.47. The summed E-state index contributed by atoms with van der Waals surface area (Å²) in [6.45, 7) is 2.04. The predicted octanol–water partition coefficient (Wildman–Crippen LogP) is 1.52. The summed E-state index contributed by atoms with van der Waals surface area (Å²) < 4.78 is 4.61. The lowest BCUT2D eigenvalue weighted by atomic mass is 10.1. The molecule has 0 radical (unpaired) electrons. The predicted molar refractivity (Wildman–Crippen MR) is 38.5 cm³/mol. The highest BCUT2D eigenvalue weighted by atomic mass is 16.5. The largest absolute Gasteiger partial charge is 0.469 e. The second-order valence-electron chi connectivity index (χ2n) is 2.71. The van der Waals surface area contributed by atoms with Crippen LogP contribution in [-0.2, 0) is 9.53 Å². The standard InChI is InChI=1S/C8H12O2/c1-6-3-4-7(5-6)8(9)10-2/h3,7H,4-5H2,1-2H3/t7-/m0/s1. The Morgan fingerprint density at radius 3 is 2.90 bits per heavy atom. The van der Waals surface area contributed by atoms with Gasteiger partial charge in [0, 0.05) is 0 Å². The van der Waals surface area contributed by atoms with Crippen LogP contribution in [-0.4, -0.2) is 13.1 Å². The maximum absolute atomic E-state index is 10.9. The van der Waals surface area contributed by atoms with E-state index in [4.69, 9.17) is 0 Å². The van der Waals surface area contributed by atoms with Crippen molar-refractivity contribution >= 4 is 5.97 Å². The fourth-order valence-electron chi connectivity index (χ4n) is 1.24. The van der Waals surface area contributed by atoms with Crippen LogP contribution in [0.15, 0.2) is 11.6 Å². The highest BCUT2D eigenvalue weighted by Crippen LogP contribution is 2.24. The van der Waals surface area contributed by atoms with Crippen LogP contribution >= 0.6 is 0 Å². The van der Waals surface area contributed by atoms with Crippen LogP contribution in [0.3, 0.4) is 0 Å². The summed E-state index contributed by atoms with van der Waals surface area (Å²) in [6.07, 6.45) is 3.84. The second-order valence-corrected chi connectivity index (χ2v) is 2.71. The first kappa shape index (κ1) is 7.32. The van der Waals surface area contributed by atoms with Gasteiger partial charge in [-0.2, -0.15) is 0 Å². The molecule has 1 aliphatic carbocycles. The number of esters is 1. The molecule has 56 valence electrons. The smallest absolute Gasteiger partial charge is 0.309 e. The molecule has 0 aliphatic heterocycles. The van der Waals surface area contributed by atoms with Crippen molar-refractivity contribution in [2.75, 3.05) is 7.11 Å². The van der Waals surface area contributed by atoms with Gasteiger partial charge in [0.15, 0.2) is 0 Å². The molecule has 0 saturated carbocycles. The fraction of sp³-hybridized carbons (Fsp3) is 0.625. The van der Waals surface area contributed by atoms with Gasteiger partial charge in [0.25, 0.3) is 0 Å². The van der Waals surface area contributed by atoms with E-state index in [-0.39, 0.29) is 11.9 Å². The molecule has 0 heterocycles. The van der Waals surface area contributed by atoms with E-state index in [1.54, 1.807) is 0 Å². The molecule has 0 unspecified atom stereocenters. The quantitative estimate of drug-likeness (QED) is 0.407. The van der Waals surface area contributed by atoms with Gasteiger partial charge >= 0.3 is 5.97 Å². The number of methoxy groups -OCH3 is 1. The molecule has 0 fully saturated rings. The molecule has 0 aromatic carbocycles. The van der Waals surface area contributed by atoms with Gasteiger partial charge in [-0.1, -0.05) is 11.6 Å². The van der Waals surface area contributed by atoms with Crippen LogP contribution in [0, 0.1) is 5.92 Å². The van der Waals surface area contributed by atoms with Crippen molar-refractivity contribution in [1.29, 1.82) is 0 Å². The van der Waals surface area contributed by atoms with E-state index in [0.29, 0.717) is 0 Å². The molecule has 2 nitrogen and oxygen atoms in total. The maximum Gasteiger partial charge on any atom is 0.309 e. The zero-order valence-electron chi connectivity index (χ0n) is 6.39. The van der Waals surface area contributed by atoms with Gasteiger partial charge in [-0.05, 0) is 19.8 Å². The van der Waals surface area contributed by atoms with Crippen molar-refractivity contribution in [2.45, 2.75) is 19.8 Å². The minimum absolute atomic E-state index is 0.0758. The molecule has 0 aromatic heterocycles. The summed E-state index contributed by atoms with van der Waals surface area (Å²) in [4.78, 5) is 10.9. The molecular weight excluding hydrogens is 128 g/mol. The maximum atomic E-state index is 10.9. The molecule has 1 atom stereocenters. The Kier molecular flexibility index (Phi) is 2.10. The lowest BCUT2D eigenvalue weighted by Gasteiger charge is -2.04. The molecule has 2 heteroatoms. The van der Waals surface area contributed by atoms with Crippen LogP contribution in [0.2, 0.25) is 0 Å². The van der Waals surface area contributed by atoms with Crippen molar-refractivity contribution in [3.8, 4) is 0 Å².